The third kappa shape index (κ3) is 5.16. The van der Waals surface area contributed by atoms with Crippen LogP contribution in [0.2, 0.25) is 5.02 Å². The van der Waals surface area contributed by atoms with Crippen molar-refractivity contribution in [2.24, 2.45) is 5.73 Å². The minimum absolute atomic E-state index is 0.0491. The van der Waals surface area contributed by atoms with E-state index in [1.165, 1.54) is 0 Å². The second kappa shape index (κ2) is 9.89. The molecule has 8 heteroatoms. The average molecular weight is 418 g/mol. The molecule has 2 amide bonds. The summed E-state index contributed by atoms with van der Waals surface area (Å²) in [6.45, 7) is 3.72. The van der Waals surface area contributed by atoms with Gasteiger partial charge in [0.05, 0.1) is 18.3 Å². The van der Waals surface area contributed by atoms with E-state index in [-0.39, 0.29) is 24.4 Å². The molecule has 0 fully saturated rings. The summed E-state index contributed by atoms with van der Waals surface area (Å²) in [4.78, 5) is 26.9. The SMILES string of the molecule is CCCCC1CN(CC(=O)NCCCN)C(=O)c2cc(-c3ccc(Cl)cc3)nn21. The van der Waals surface area contributed by atoms with Gasteiger partial charge < -0.3 is 16.0 Å². The van der Waals surface area contributed by atoms with Gasteiger partial charge in [-0.1, -0.05) is 43.5 Å². The van der Waals surface area contributed by atoms with Crippen molar-refractivity contribution in [2.75, 3.05) is 26.2 Å². The van der Waals surface area contributed by atoms with Gasteiger partial charge in [-0.25, -0.2) is 0 Å². The van der Waals surface area contributed by atoms with E-state index in [1.54, 1.807) is 4.90 Å². The molecule has 3 rings (SSSR count). The molecule has 2 heterocycles. The van der Waals surface area contributed by atoms with Crippen molar-refractivity contribution < 1.29 is 9.59 Å². The number of carbonyl (C=O) groups is 2. The predicted molar refractivity (Wildman–Crippen MR) is 114 cm³/mol. The summed E-state index contributed by atoms with van der Waals surface area (Å²) in [6, 6.07) is 9.27. The highest BCUT2D eigenvalue weighted by Crippen LogP contribution is 2.29. The first-order valence-electron chi connectivity index (χ1n) is 10.1. The van der Waals surface area contributed by atoms with E-state index in [1.807, 2.05) is 35.0 Å². The van der Waals surface area contributed by atoms with Crippen molar-refractivity contribution in [3.05, 3.63) is 41.0 Å². The van der Waals surface area contributed by atoms with Crippen LogP contribution in [0.15, 0.2) is 30.3 Å². The fraction of sp³-hybridized carbons (Fsp3) is 0.476. The number of carbonyl (C=O) groups excluding carboxylic acids is 2. The lowest BCUT2D eigenvalue weighted by Gasteiger charge is -2.33. The molecule has 1 aliphatic rings. The van der Waals surface area contributed by atoms with Gasteiger partial charge in [0.1, 0.15) is 5.69 Å². The molecule has 156 valence electrons. The van der Waals surface area contributed by atoms with Crippen molar-refractivity contribution in [3.63, 3.8) is 0 Å². The zero-order chi connectivity index (χ0) is 20.8. The number of nitrogens with two attached hydrogens (primary N) is 1. The van der Waals surface area contributed by atoms with E-state index < -0.39 is 0 Å². The zero-order valence-electron chi connectivity index (χ0n) is 16.7. The molecule has 1 aromatic carbocycles. The third-order valence-corrected chi connectivity index (χ3v) is 5.34. The summed E-state index contributed by atoms with van der Waals surface area (Å²) < 4.78 is 1.84. The maximum atomic E-state index is 13.0. The number of rotatable bonds is 9. The first kappa shape index (κ1) is 21.3. The molecular formula is C21H28ClN5O2. The molecule has 0 aliphatic carbocycles. The highest BCUT2D eigenvalue weighted by atomic mass is 35.5. The first-order chi connectivity index (χ1) is 14.0. The Labute approximate surface area is 176 Å². The first-order valence-corrected chi connectivity index (χ1v) is 10.5. The number of fused-ring (bicyclic) bond motifs is 1. The number of amides is 2. The molecular weight excluding hydrogens is 390 g/mol. The Balaban J connectivity index is 1.83. The van der Waals surface area contributed by atoms with Crippen LogP contribution in [-0.2, 0) is 4.79 Å². The molecule has 0 saturated carbocycles. The second-order valence-corrected chi connectivity index (χ2v) is 7.78. The molecule has 0 bridgehead atoms. The van der Waals surface area contributed by atoms with Crippen LogP contribution in [0.4, 0.5) is 0 Å². The van der Waals surface area contributed by atoms with Crippen LogP contribution in [0.3, 0.4) is 0 Å². The number of unbranched alkanes of at least 4 members (excludes halogenated alkanes) is 1. The molecule has 1 aromatic heterocycles. The van der Waals surface area contributed by atoms with Gasteiger partial charge in [0.25, 0.3) is 5.91 Å². The van der Waals surface area contributed by atoms with E-state index in [2.05, 4.69) is 12.2 Å². The van der Waals surface area contributed by atoms with Crippen LogP contribution in [0, 0.1) is 0 Å². The fourth-order valence-electron chi connectivity index (χ4n) is 3.52. The Kier molecular flexibility index (Phi) is 7.28. The van der Waals surface area contributed by atoms with Crippen LogP contribution in [0.5, 0.6) is 0 Å². The van der Waals surface area contributed by atoms with Crippen LogP contribution >= 0.6 is 11.6 Å². The lowest BCUT2D eigenvalue weighted by atomic mass is 10.1. The minimum Gasteiger partial charge on any atom is -0.355 e. The molecule has 1 unspecified atom stereocenters. The number of nitrogens with one attached hydrogen (secondary N) is 1. The summed E-state index contributed by atoms with van der Waals surface area (Å²) in [7, 11) is 0. The minimum atomic E-state index is -0.167. The highest BCUT2D eigenvalue weighted by Gasteiger charge is 2.33. The van der Waals surface area contributed by atoms with Crippen LogP contribution in [-0.4, -0.2) is 52.7 Å². The Morgan fingerprint density at radius 1 is 1.31 bits per heavy atom. The molecule has 0 spiro atoms. The van der Waals surface area contributed by atoms with Gasteiger partial charge >= 0.3 is 0 Å². The quantitative estimate of drug-likeness (QED) is 0.613. The van der Waals surface area contributed by atoms with Crippen molar-refractivity contribution in [1.82, 2.24) is 20.0 Å². The Hall–Kier alpha value is -2.38. The molecule has 0 saturated heterocycles. The van der Waals surface area contributed by atoms with E-state index in [9.17, 15) is 9.59 Å². The van der Waals surface area contributed by atoms with E-state index >= 15 is 0 Å². The van der Waals surface area contributed by atoms with Gasteiger partial charge in [-0.2, -0.15) is 5.10 Å². The summed E-state index contributed by atoms with van der Waals surface area (Å²) in [5.74, 6) is -0.327. The summed E-state index contributed by atoms with van der Waals surface area (Å²) >= 11 is 5.99. The lowest BCUT2D eigenvalue weighted by Crippen LogP contribution is -2.47. The van der Waals surface area contributed by atoms with Gasteiger partial charge in [-0.15, -0.1) is 0 Å². The summed E-state index contributed by atoms with van der Waals surface area (Å²) in [6.07, 6.45) is 3.72. The maximum Gasteiger partial charge on any atom is 0.272 e. The lowest BCUT2D eigenvalue weighted by molar-refractivity contribution is -0.122. The smallest absolute Gasteiger partial charge is 0.272 e. The van der Waals surface area contributed by atoms with Crippen LogP contribution < -0.4 is 11.1 Å². The van der Waals surface area contributed by atoms with E-state index in [0.717, 1.165) is 36.9 Å². The number of halogens is 1. The summed E-state index contributed by atoms with van der Waals surface area (Å²) in [5, 5.41) is 8.20. The van der Waals surface area contributed by atoms with E-state index in [4.69, 9.17) is 22.4 Å². The molecule has 0 radical (unpaired) electrons. The standard InChI is InChI=1S/C21H28ClN5O2/c1-2-3-5-17-13-26(14-20(28)24-11-4-10-23)21(29)19-12-18(25-27(17)19)15-6-8-16(22)9-7-15/h6-9,12,17H,2-5,10-11,13-14,23H2,1H3,(H,24,28). The van der Waals surface area contributed by atoms with Crippen molar-refractivity contribution in [3.8, 4) is 11.3 Å². The monoisotopic (exact) mass is 417 g/mol. The number of aromatic nitrogens is 2. The number of nitrogens with zero attached hydrogens (tertiary/aromatic N) is 3. The third-order valence-electron chi connectivity index (χ3n) is 5.09. The number of hydrogen-bond acceptors (Lipinski definition) is 4. The Morgan fingerprint density at radius 3 is 2.76 bits per heavy atom. The van der Waals surface area contributed by atoms with Gasteiger partial charge in [-0.3, -0.25) is 14.3 Å². The summed E-state index contributed by atoms with van der Waals surface area (Å²) in [5.41, 5.74) is 7.63. The molecule has 29 heavy (non-hydrogen) atoms. The predicted octanol–water partition coefficient (Wildman–Crippen LogP) is 2.86. The number of benzene rings is 1. The molecule has 1 atom stereocenters. The van der Waals surface area contributed by atoms with E-state index in [0.29, 0.717) is 30.4 Å². The van der Waals surface area contributed by atoms with Crippen molar-refractivity contribution >= 4 is 23.4 Å². The van der Waals surface area contributed by atoms with Crippen molar-refractivity contribution in [1.29, 1.82) is 0 Å². The van der Waals surface area contributed by atoms with Gasteiger partial charge in [0, 0.05) is 23.7 Å². The average Bonchev–Trinajstić information content (AvgIpc) is 3.16. The number of hydrogen-bond donors (Lipinski definition) is 2. The normalized spacial score (nSPS) is 16.0. The molecule has 2 aromatic rings. The second-order valence-electron chi connectivity index (χ2n) is 7.34. The largest absolute Gasteiger partial charge is 0.355 e. The topological polar surface area (TPSA) is 93.2 Å². The van der Waals surface area contributed by atoms with Gasteiger partial charge in [-0.05, 0) is 37.6 Å². The Bertz CT molecular complexity index is 849. The Morgan fingerprint density at radius 2 is 2.07 bits per heavy atom. The molecule has 3 N–H and O–H groups in total. The van der Waals surface area contributed by atoms with Gasteiger partial charge in [0.2, 0.25) is 5.91 Å². The fourth-order valence-corrected chi connectivity index (χ4v) is 3.65. The maximum absolute atomic E-state index is 13.0. The molecule has 7 nitrogen and oxygen atoms in total. The van der Waals surface area contributed by atoms with Gasteiger partial charge in [0.15, 0.2) is 0 Å². The van der Waals surface area contributed by atoms with Crippen molar-refractivity contribution in [2.45, 2.75) is 38.6 Å². The molecule has 1 aliphatic heterocycles. The van der Waals surface area contributed by atoms with Crippen LogP contribution in [0.1, 0.15) is 49.1 Å². The highest BCUT2D eigenvalue weighted by molar-refractivity contribution is 6.30. The zero-order valence-corrected chi connectivity index (χ0v) is 17.5. The van der Waals surface area contributed by atoms with Crippen LogP contribution in [0.25, 0.3) is 11.3 Å².